The highest BCUT2D eigenvalue weighted by Gasteiger charge is 2.37. The lowest BCUT2D eigenvalue weighted by atomic mass is 10.1. The van der Waals surface area contributed by atoms with Gasteiger partial charge in [-0.25, -0.2) is 9.59 Å². The van der Waals surface area contributed by atoms with Crippen molar-refractivity contribution < 1.29 is 76.1 Å². The third kappa shape index (κ3) is 30.8. The van der Waals surface area contributed by atoms with Crippen molar-refractivity contribution >= 4 is 30.0 Å². The number of esters is 1. The monoisotopic (exact) mass is 922 g/mol. The number of alkyl carbamates (subject to hydrolysis) is 2. The number of hydrogen-bond acceptors (Lipinski definition) is 16. The second-order valence-corrected chi connectivity index (χ2v) is 14.9. The molecule has 65 heavy (non-hydrogen) atoms. The third-order valence-electron chi connectivity index (χ3n) is 8.36. The third-order valence-corrected chi connectivity index (χ3v) is 8.36. The zero-order valence-electron chi connectivity index (χ0n) is 38.3. The summed E-state index contributed by atoms with van der Waals surface area (Å²) in [6.45, 7) is 10.9. The van der Waals surface area contributed by atoms with Gasteiger partial charge in [-0.05, 0) is 38.3 Å². The van der Waals surface area contributed by atoms with Crippen molar-refractivity contribution in [2.24, 2.45) is 0 Å². The van der Waals surface area contributed by atoms with E-state index in [2.05, 4.69) is 21.3 Å². The van der Waals surface area contributed by atoms with E-state index in [1.807, 2.05) is 0 Å². The first-order chi connectivity index (χ1) is 31.5. The summed E-state index contributed by atoms with van der Waals surface area (Å²) >= 11 is 0. The highest BCUT2D eigenvalue weighted by molar-refractivity contribution is 5.96. The maximum atomic E-state index is 13.7. The molecule has 0 aliphatic heterocycles. The van der Waals surface area contributed by atoms with Crippen molar-refractivity contribution in [1.29, 1.82) is 0 Å². The van der Waals surface area contributed by atoms with Crippen LogP contribution >= 0.6 is 0 Å². The van der Waals surface area contributed by atoms with Gasteiger partial charge in [0.1, 0.15) is 30.9 Å². The van der Waals surface area contributed by atoms with Crippen LogP contribution < -0.4 is 21.3 Å². The molecule has 0 bridgehead atoms. The van der Waals surface area contributed by atoms with Crippen LogP contribution in [-0.2, 0) is 79.7 Å². The van der Waals surface area contributed by atoms with Crippen molar-refractivity contribution in [3.63, 3.8) is 0 Å². The predicted octanol–water partition coefficient (Wildman–Crippen LogP) is 2.69. The number of benzene rings is 2. The number of nitrogens with one attached hydrogen (secondary N) is 4. The van der Waals surface area contributed by atoms with E-state index >= 15 is 0 Å². The Morgan fingerprint density at radius 1 is 0.492 bits per heavy atom. The van der Waals surface area contributed by atoms with Gasteiger partial charge < -0.3 is 73.4 Å². The van der Waals surface area contributed by atoms with Gasteiger partial charge in [-0.2, -0.15) is 0 Å². The largest absolute Gasteiger partial charge is 0.460 e. The molecule has 4 N–H and O–H groups in total. The molecule has 0 saturated heterocycles. The van der Waals surface area contributed by atoms with Gasteiger partial charge in [-0.1, -0.05) is 60.7 Å². The van der Waals surface area contributed by atoms with Gasteiger partial charge in [0, 0.05) is 26.6 Å². The first kappa shape index (κ1) is 56.2. The quantitative estimate of drug-likeness (QED) is 0.0433. The topological polar surface area (TPSA) is 235 Å². The summed E-state index contributed by atoms with van der Waals surface area (Å²) < 4.78 is 59.2. The number of carbonyl (C=O) groups is 5. The second-order valence-electron chi connectivity index (χ2n) is 14.9. The Balaban J connectivity index is 1.81. The summed E-state index contributed by atoms with van der Waals surface area (Å²) in [6, 6.07) is 14.3. The van der Waals surface area contributed by atoms with Gasteiger partial charge in [0.05, 0.1) is 99.1 Å². The number of methoxy groups -OCH3 is 1. The smallest absolute Gasteiger partial charge is 0.408 e. The van der Waals surface area contributed by atoms with Crippen LogP contribution in [0.1, 0.15) is 44.7 Å². The van der Waals surface area contributed by atoms with E-state index in [0.717, 1.165) is 0 Å². The number of carbonyl (C=O) groups excluding carboxylic acids is 5. The van der Waals surface area contributed by atoms with Crippen LogP contribution in [0, 0.1) is 0 Å². The summed E-state index contributed by atoms with van der Waals surface area (Å²) in [5.74, 6) is -2.12. The van der Waals surface area contributed by atoms with Gasteiger partial charge in [0.25, 0.3) is 0 Å². The minimum Gasteiger partial charge on any atom is -0.460 e. The molecule has 20 heteroatoms. The van der Waals surface area contributed by atoms with Crippen LogP contribution in [-0.4, -0.2) is 167 Å². The Bertz CT molecular complexity index is 1570. The molecule has 0 aliphatic carbocycles. The average Bonchev–Trinajstić information content (AvgIpc) is 3.29. The Kier molecular flexibility index (Phi) is 31.4. The van der Waals surface area contributed by atoms with E-state index in [1.54, 1.807) is 88.5 Å². The molecule has 20 nitrogen and oxygen atoms in total. The van der Waals surface area contributed by atoms with Gasteiger partial charge in [-0.3, -0.25) is 14.4 Å². The molecule has 0 saturated carbocycles. The lowest BCUT2D eigenvalue weighted by molar-refractivity contribution is -0.155. The molecule has 0 unspecified atom stereocenters. The number of ether oxygens (including phenoxy) is 11. The Morgan fingerprint density at radius 2 is 0.846 bits per heavy atom. The van der Waals surface area contributed by atoms with Gasteiger partial charge in [0.15, 0.2) is 0 Å². The molecule has 2 aromatic carbocycles. The highest BCUT2D eigenvalue weighted by Crippen LogP contribution is 2.09. The fraction of sp³-hybridized carbons (Fsp3) is 0.622. The molecular formula is C45H70N4O16. The fourth-order valence-corrected chi connectivity index (χ4v) is 5.25. The van der Waals surface area contributed by atoms with Crippen molar-refractivity contribution in [2.45, 2.75) is 64.5 Å². The predicted molar refractivity (Wildman–Crippen MR) is 236 cm³/mol. The van der Waals surface area contributed by atoms with E-state index in [4.69, 9.17) is 52.1 Å². The molecular weight excluding hydrogens is 853 g/mol. The summed E-state index contributed by atoms with van der Waals surface area (Å²) in [5, 5.41) is 10.1. The van der Waals surface area contributed by atoms with Crippen molar-refractivity contribution in [2.75, 3.05) is 119 Å². The number of rotatable bonds is 37. The Morgan fingerprint density at radius 3 is 1.22 bits per heavy atom. The van der Waals surface area contributed by atoms with Crippen LogP contribution in [0.3, 0.4) is 0 Å². The van der Waals surface area contributed by atoms with Crippen molar-refractivity contribution in [3.8, 4) is 0 Å². The van der Waals surface area contributed by atoms with Crippen LogP contribution in [0.2, 0.25) is 0 Å². The molecule has 366 valence electrons. The molecule has 0 aliphatic rings. The number of hydrogen-bond donors (Lipinski definition) is 4. The molecule has 0 aromatic heterocycles. The SMILES string of the molecule is COCCOCCOCCOCCOCCOCCOCCOCCNC(=O)[C@H](NC(=O)OCc1ccccc1)[C@@H](NC(=O)OCc1ccccc1)C(=O)NCCCC(=O)OC(C)(C)C. The zero-order chi connectivity index (χ0) is 47.2. The van der Waals surface area contributed by atoms with E-state index < -0.39 is 47.7 Å². The van der Waals surface area contributed by atoms with E-state index in [1.165, 1.54) is 0 Å². The van der Waals surface area contributed by atoms with Gasteiger partial charge in [-0.15, -0.1) is 0 Å². The summed E-state index contributed by atoms with van der Waals surface area (Å²) in [4.78, 5) is 65.8. The van der Waals surface area contributed by atoms with Crippen LogP contribution in [0.5, 0.6) is 0 Å². The minimum absolute atomic E-state index is 0.000191. The van der Waals surface area contributed by atoms with Crippen LogP contribution in [0.25, 0.3) is 0 Å². The van der Waals surface area contributed by atoms with Crippen LogP contribution in [0.15, 0.2) is 60.7 Å². The summed E-state index contributed by atoms with van der Waals surface area (Å²) in [7, 11) is 1.62. The van der Waals surface area contributed by atoms with Gasteiger partial charge in [0.2, 0.25) is 11.8 Å². The minimum atomic E-state index is -1.68. The molecule has 0 heterocycles. The molecule has 2 aromatic rings. The fourth-order valence-electron chi connectivity index (χ4n) is 5.25. The zero-order valence-corrected chi connectivity index (χ0v) is 38.3. The highest BCUT2D eigenvalue weighted by atomic mass is 16.6. The van der Waals surface area contributed by atoms with E-state index in [-0.39, 0.29) is 59.0 Å². The maximum Gasteiger partial charge on any atom is 0.408 e. The van der Waals surface area contributed by atoms with E-state index in [9.17, 15) is 24.0 Å². The molecule has 0 spiro atoms. The first-order valence-electron chi connectivity index (χ1n) is 21.7. The summed E-state index contributed by atoms with van der Waals surface area (Å²) in [5.41, 5.74) is 0.672. The lowest BCUT2D eigenvalue weighted by Crippen LogP contribution is -2.64. The Labute approximate surface area is 382 Å². The first-order valence-corrected chi connectivity index (χ1v) is 21.7. The molecule has 2 atom stereocenters. The number of amides is 4. The second kappa shape index (κ2) is 36.3. The standard InChI is InChI=1S/C45H70N4O16/c1-45(2,3)65-38(50)16-11-17-46-41(51)39(48-43(53)63-34-36-12-7-5-8-13-36)40(49-44(54)64-35-37-14-9-6-10-15-37)42(52)47-18-19-56-22-23-58-26-27-60-30-31-62-33-32-61-29-28-59-25-24-57-21-20-55-4/h5-10,12-15,39-40H,11,16-35H2,1-4H3,(H,46,51)(H,47,52)(H,48,53)(H,49,54)/t39-,40-/m1/s1. The van der Waals surface area contributed by atoms with Crippen molar-refractivity contribution in [3.05, 3.63) is 71.8 Å². The maximum absolute atomic E-state index is 13.7. The van der Waals surface area contributed by atoms with E-state index in [0.29, 0.717) is 90.4 Å². The Hall–Kier alpha value is -4.93. The van der Waals surface area contributed by atoms with Crippen molar-refractivity contribution in [1.82, 2.24) is 21.3 Å². The lowest BCUT2D eigenvalue weighted by Gasteiger charge is -2.27. The normalized spacial score (nSPS) is 12.1. The van der Waals surface area contributed by atoms with Gasteiger partial charge >= 0.3 is 18.2 Å². The molecule has 0 fully saturated rings. The summed E-state index contributed by atoms with van der Waals surface area (Å²) in [6.07, 6.45) is -1.86. The molecule has 0 radical (unpaired) electrons. The average molecular weight is 923 g/mol. The molecule has 4 amide bonds. The van der Waals surface area contributed by atoms with Crippen LogP contribution in [0.4, 0.5) is 9.59 Å². The molecule has 2 rings (SSSR count).